The van der Waals surface area contributed by atoms with Crippen molar-refractivity contribution >= 4 is 24.3 Å². The average molecular weight is 248 g/mol. The first-order valence-corrected chi connectivity index (χ1v) is 5.04. The zero-order valence-corrected chi connectivity index (χ0v) is 9.15. The van der Waals surface area contributed by atoms with Gasteiger partial charge in [-0.15, -0.1) is 0 Å². The number of rotatable bonds is 4. The van der Waals surface area contributed by atoms with Crippen molar-refractivity contribution in [1.29, 1.82) is 0 Å². The van der Waals surface area contributed by atoms with Gasteiger partial charge in [0.25, 0.3) is 0 Å². The summed E-state index contributed by atoms with van der Waals surface area (Å²) in [4.78, 5) is 55.1. The SMILES string of the molecule is O=C=NC1CC(N=C=O)C(N=C=O)CC1N=C=O. The highest BCUT2D eigenvalue weighted by Crippen LogP contribution is 2.28. The van der Waals surface area contributed by atoms with Crippen LogP contribution in [0.5, 0.6) is 0 Å². The summed E-state index contributed by atoms with van der Waals surface area (Å²) >= 11 is 0. The molecule has 4 unspecified atom stereocenters. The maximum Gasteiger partial charge on any atom is 0.235 e. The molecule has 0 spiro atoms. The Labute approximate surface area is 101 Å². The van der Waals surface area contributed by atoms with Crippen molar-refractivity contribution in [3.8, 4) is 0 Å². The Morgan fingerprint density at radius 2 is 0.778 bits per heavy atom. The lowest BCUT2D eigenvalue weighted by molar-refractivity contribution is 0.312. The maximum absolute atomic E-state index is 10.3. The Bertz CT molecular complexity index is 404. The molecule has 8 nitrogen and oxygen atoms in total. The Kier molecular flexibility index (Phi) is 5.26. The smallest absolute Gasteiger partial charge is 0.211 e. The molecule has 1 saturated carbocycles. The Balaban J connectivity index is 3.04. The zero-order valence-electron chi connectivity index (χ0n) is 9.15. The minimum atomic E-state index is -0.635. The molecule has 0 bridgehead atoms. The largest absolute Gasteiger partial charge is 0.235 e. The summed E-state index contributed by atoms with van der Waals surface area (Å²) in [7, 11) is 0. The standard InChI is InChI=1S/C10H8N4O4/c15-3-11-7-1-8(12-4-16)10(14-6-18)2-9(7)13-5-17/h7-10H,1-2H2. The third-order valence-electron chi connectivity index (χ3n) is 2.73. The topological polar surface area (TPSA) is 118 Å². The van der Waals surface area contributed by atoms with Crippen LogP contribution in [0, 0.1) is 0 Å². The lowest BCUT2D eigenvalue weighted by Crippen LogP contribution is -2.41. The first-order valence-electron chi connectivity index (χ1n) is 5.04. The van der Waals surface area contributed by atoms with Crippen LogP contribution in [0.1, 0.15) is 12.8 Å². The van der Waals surface area contributed by atoms with Crippen LogP contribution in [0.25, 0.3) is 0 Å². The second-order valence-electron chi connectivity index (χ2n) is 3.62. The van der Waals surface area contributed by atoms with Gasteiger partial charge in [0.05, 0.1) is 24.2 Å². The van der Waals surface area contributed by atoms with E-state index in [0.29, 0.717) is 0 Å². The highest BCUT2D eigenvalue weighted by atomic mass is 16.1. The molecule has 92 valence electrons. The van der Waals surface area contributed by atoms with Gasteiger partial charge >= 0.3 is 0 Å². The minimum Gasteiger partial charge on any atom is -0.211 e. The van der Waals surface area contributed by atoms with Gasteiger partial charge in [0.15, 0.2) is 0 Å². The fraction of sp³-hybridized carbons (Fsp3) is 0.600. The van der Waals surface area contributed by atoms with Crippen molar-refractivity contribution in [2.24, 2.45) is 20.0 Å². The molecule has 1 aliphatic carbocycles. The Hall–Kier alpha value is -2.48. The van der Waals surface area contributed by atoms with Gasteiger partial charge in [0.1, 0.15) is 0 Å². The van der Waals surface area contributed by atoms with Gasteiger partial charge in [0.2, 0.25) is 24.3 Å². The minimum absolute atomic E-state index is 0.149. The molecule has 0 aromatic heterocycles. The van der Waals surface area contributed by atoms with Crippen LogP contribution in [0.2, 0.25) is 0 Å². The van der Waals surface area contributed by atoms with Crippen molar-refractivity contribution in [3.05, 3.63) is 0 Å². The highest BCUT2D eigenvalue weighted by Gasteiger charge is 2.37. The van der Waals surface area contributed by atoms with Crippen LogP contribution >= 0.6 is 0 Å². The molecule has 0 saturated heterocycles. The number of aliphatic imine (C=N–C) groups is 4. The molecule has 0 N–H and O–H groups in total. The number of hydrogen-bond acceptors (Lipinski definition) is 8. The molecule has 0 amide bonds. The molecule has 18 heavy (non-hydrogen) atoms. The summed E-state index contributed by atoms with van der Waals surface area (Å²) in [6, 6.07) is -2.54. The van der Waals surface area contributed by atoms with Crippen LogP contribution < -0.4 is 0 Å². The van der Waals surface area contributed by atoms with E-state index in [-0.39, 0.29) is 12.8 Å². The lowest BCUT2D eigenvalue weighted by Gasteiger charge is -2.31. The van der Waals surface area contributed by atoms with Crippen molar-refractivity contribution in [2.75, 3.05) is 0 Å². The van der Waals surface area contributed by atoms with Crippen LogP contribution in [-0.2, 0) is 19.2 Å². The quantitative estimate of drug-likeness (QED) is 0.496. The molecule has 1 aliphatic rings. The third kappa shape index (κ3) is 3.25. The summed E-state index contributed by atoms with van der Waals surface area (Å²) in [5.74, 6) is 0. The van der Waals surface area contributed by atoms with Gasteiger partial charge in [0, 0.05) is 0 Å². The van der Waals surface area contributed by atoms with Crippen LogP contribution in [-0.4, -0.2) is 48.5 Å². The van der Waals surface area contributed by atoms with E-state index in [1.807, 2.05) is 0 Å². The molecule has 0 aliphatic heterocycles. The number of isocyanates is 4. The molecular weight excluding hydrogens is 240 g/mol. The fourth-order valence-electron chi connectivity index (χ4n) is 1.95. The maximum atomic E-state index is 10.3. The van der Waals surface area contributed by atoms with E-state index in [0.717, 1.165) is 0 Å². The summed E-state index contributed by atoms with van der Waals surface area (Å²) in [6.45, 7) is 0. The van der Waals surface area contributed by atoms with Crippen LogP contribution in [0.3, 0.4) is 0 Å². The van der Waals surface area contributed by atoms with E-state index in [1.165, 1.54) is 24.3 Å². The molecule has 1 rings (SSSR count). The van der Waals surface area contributed by atoms with Gasteiger partial charge in [-0.05, 0) is 12.8 Å². The first kappa shape index (κ1) is 13.6. The lowest BCUT2D eigenvalue weighted by atomic mass is 9.84. The van der Waals surface area contributed by atoms with Gasteiger partial charge in [-0.3, -0.25) is 0 Å². The number of carbonyl (C=O) groups excluding carboxylic acids is 4. The predicted molar refractivity (Wildman–Crippen MR) is 56.9 cm³/mol. The summed E-state index contributed by atoms with van der Waals surface area (Å²) in [5, 5.41) is 0. The predicted octanol–water partition coefficient (Wildman–Crippen LogP) is -0.402. The number of nitrogens with zero attached hydrogens (tertiary/aromatic N) is 4. The summed E-state index contributed by atoms with van der Waals surface area (Å²) in [6.07, 6.45) is 5.79. The van der Waals surface area contributed by atoms with Crippen LogP contribution in [0.15, 0.2) is 20.0 Å². The monoisotopic (exact) mass is 248 g/mol. The van der Waals surface area contributed by atoms with Gasteiger partial charge in [-0.1, -0.05) is 0 Å². The molecule has 0 heterocycles. The van der Waals surface area contributed by atoms with E-state index < -0.39 is 24.2 Å². The zero-order chi connectivity index (χ0) is 13.4. The highest BCUT2D eigenvalue weighted by molar-refractivity contribution is 5.39. The molecule has 1 fully saturated rings. The summed E-state index contributed by atoms with van der Waals surface area (Å²) < 4.78 is 0. The van der Waals surface area contributed by atoms with Gasteiger partial charge in [-0.25, -0.2) is 39.1 Å². The third-order valence-corrected chi connectivity index (χ3v) is 2.73. The molecule has 0 aromatic rings. The molecule has 0 aromatic carbocycles. The Morgan fingerprint density at radius 1 is 0.556 bits per heavy atom. The van der Waals surface area contributed by atoms with Crippen molar-refractivity contribution < 1.29 is 19.2 Å². The van der Waals surface area contributed by atoms with E-state index in [9.17, 15) is 19.2 Å². The van der Waals surface area contributed by atoms with E-state index in [2.05, 4.69) is 20.0 Å². The van der Waals surface area contributed by atoms with E-state index in [4.69, 9.17) is 0 Å². The molecule has 4 atom stereocenters. The first-order chi connectivity index (χ1) is 8.76. The van der Waals surface area contributed by atoms with E-state index >= 15 is 0 Å². The normalized spacial score (nSPS) is 29.8. The van der Waals surface area contributed by atoms with Gasteiger partial charge < -0.3 is 0 Å². The summed E-state index contributed by atoms with van der Waals surface area (Å²) in [5.41, 5.74) is 0. The molecule has 8 heteroatoms. The van der Waals surface area contributed by atoms with Crippen molar-refractivity contribution in [3.63, 3.8) is 0 Å². The number of hydrogen-bond donors (Lipinski definition) is 0. The fourth-order valence-corrected chi connectivity index (χ4v) is 1.95. The van der Waals surface area contributed by atoms with E-state index in [1.54, 1.807) is 0 Å². The second-order valence-corrected chi connectivity index (χ2v) is 3.62. The molecule has 0 radical (unpaired) electrons. The van der Waals surface area contributed by atoms with Crippen molar-refractivity contribution in [1.82, 2.24) is 0 Å². The van der Waals surface area contributed by atoms with Crippen molar-refractivity contribution in [2.45, 2.75) is 37.0 Å². The Morgan fingerprint density at radius 3 is 0.944 bits per heavy atom. The van der Waals surface area contributed by atoms with Gasteiger partial charge in [-0.2, -0.15) is 0 Å². The second kappa shape index (κ2) is 6.97. The average Bonchev–Trinajstić information content (AvgIpc) is 2.35. The molecular formula is C10H8N4O4. The van der Waals surface area contributed by atoms with Crippen LogP contribution in [0.4, 0.5) is 0 Å².